The molecule has 0 aromatic heterocycles. The summed E-state index contributed by atoms with van der Waals surface area (Å²) in [7, 11) is 2.06. The molecule has 0 N–H and O–H groups in total. The third kappa shape index (κ3) is 2.72. The Morgan fingerprint density at radius 3 is 1.89 bits per heavy atom. The van der Waals surface area contributed by atoms with Gasteiger partial charge in [-0.25, -0.2) is 0 Å². The van der Waals surface area contributed by atoms with Crippen molar-refractivity contribution in [2.45, 2.75) is 0 Å². The molecule has 0 fully saturated rings. The lowest BCUT2D eigenvalue weighted by atomic mass is 10.3. The minimum atomic E-state index is 0.773. The number of hydrogen-bond donors (Lipinski definition) is 0. The van der Waals surface area contributed by atoms with Gasteiger partial charge in [0.2, 0.25) is 0 Å². The lowest BCUT2D eigenvalue weighted by Crippen LogP contribution is -2.40. The molecule has 2 aromatic rings. The van der Waals surface area contributed by atoms with Gasteiger partial charge in [-0.05, 0) is 24.3 Å². The summed E-state index contributed by atoms with van der Waals surface area (Å²) < 4.78 is 0. The van der Waals surface area contributed by atoms with Crippen LogP contribution in [0.15, 0.2) is 73.3 Å². The minimum Gasteiger partial charge on any atom is -0.288 e. The average Bonchev–Trinajstić information content (AvgIpc) is 2.46. The first-order valence-electron chi connectivity index (χ1n) is 6.05. The molecule has 92 valence electrons. The van der Waals surface area contributed by atoms with Gasteiger partial charge in [-0.3, -0.25) is 10.0 Å². The number of anilines is 2. The average molecular weight is 238 g/mol. The predicted molar refractivity (Wildman–Crippen MR) is 78.8 cm³/mol. The Morgan fingerprint density at radius 1 is 0.889 bits per heavy atom. The molecule has 0 unspecified atom stereocenters. The molecular formula is C16H18N2. The number of para-hydroxylation sites is 2. The second kappa shape index (κ2) is 5.92. The largest absolute Gasteiger partial charge is 0.288 e. The summed E-state index contributed by atoms with van der Waals surface area (Å²) in [6, 6.07) is 20.6. The Balaban J connectivity index is 2.28. The van der Waals surface area contributed by atoms with Crippen LogP contribution in [0.3, 0.4) is 0 Å². The van der Waals surface area contributed by atoms with Crippen molar-refractivity contribution in [1.29, 1.82) is 0 Å². The summed E-state index contributed by atoms with van der Waals surface area (Å²) in [6.07, 6.45) is 1.91. The van der Waals surface area contributed by atoms with E-state index in [2.05, 4.69) is 47.9 Å². The van der Waals surface area contributed by atoms with Gasteiger partial charge in [0.15, 0.2) is 0 Å². The zero-order chi connectivity index (χ0) is 12.8. The Morgan fingerprint density at radius 2 is 1.39 bits per heavy atom. The van der Waals surface area contributed by atoms with Crippen LogP contribution in [-0.2, 0) is 0 Å². The highest BCUT2D eigenvalue weighted by Gasteiger charge is 2.10. The van der Waals surface area contributed by atoms with Gasteiger partial charge in [-0.15, -0.1) is 6.58 Å². The fourth-order valence-electron chi connectivity index (χ4n) is 1.91. The Hall–Kier alpha value is -2.22. The minimum absolute atomic E-state index is 0.773. The highest BCUT2D eigenvalue weighted by Crippen LogP contribution is 2.20. The summed E-state index contributed by atoms with van der Waals surface area (Å²) in [4.78, 5) is 0. The number of hydrogen-bond acceptors (Lipinski definition) is 2. The molecular weight excluding hydrogens is 220 g/mol. The standard InChI is InChI=1S/C16H18N2/c1-3-14-18(16-12-8-5-9-13-16)17(2)15-10-6-4-7-11-15/h3-13H,1,14H2,2H3. The van der Waals surface area contributed by atoms with Crippen molar-refractivity contribution in [1.82, 2.24) is 0 Å². The van der Waals surface area contributed by atoms with Crippen LogP contribution in [0.1, 0.15) is 0 Å². The van der Waals surface area contributed by atoms with Crippen LogP contribution in [0.2, 0.25) is 0 Å². The van der Waals surface area contributed by atoms with Crippen molar-refractivity contribution in [3.8, 4) is 0 Å². The van der Waals surface area contributed by atoms with Crippen molar-refractivity contribution in [2.24, 2.45) is 0 Å². The molecule has 2 heteroatoms. The van der Waals surface area contributed by atoms with Gasteiger partial charge in [-0.1, -0.05) is 42.5 Å². The molecule has 0 bridgehead atoms. The summed E-state index contributed by atoms with van der Waals surface area (Å²) >= 11 is 0. The molecule has 0 radical (unpaired) electrons. The highest BCUT2D eigenvalue weighted by atomic mass is 15.6. The third-order valence-corrected chi connectivity index (χ3v) is 2.85. The maximum atomic E-state index is 3.83. The van der Waals surface area contributed by atoms with Crippen LogP contribution in [0.4, 0.5) is 11.4 Å². The summed E-state index contributed by atoms with van der Waals surface area (Å²) in [5.74, 6) is 0. The van der Waals surface area contributed by atoms with Gasteiger partial charge in [-0.2, -0.15) is 0 Å². The molecule has 0 saturated carbocycles. The molecule has 0 heterocycles. The quantitative estimate of drug-likeness (QED) is 0.578. The van der Waals surface area contributed by atoms with Crippen LogP contribution < -0.4 is 10.0 Å². The fraction of sp³-hybridized carbons (Fsp3) is 0.125. The molecule has 0 aliphatic carbocycles. The molecule has 0 aliphatic rings. The van der Waals surface area contributed by atoms with E-state index in [4.69, 9.17) is 0 Å². The first-order chi connectivity index (χ1) is 8.83. The van der Waals surface area contributed by atoms with Crippen molar-refractivity contribution < 1.29 is 0 Å². The van der Waals surface area contributed by atoms with E-state index in [1.165, 1.54) is 0 Å². The Labute approximate surface area is 109 Å². The SMILES string of the molecule is C=CCN(c1ccccc1)N(C)c1ccccc1. The van der Waals surface area contributed by atoms with E-state index in [0.717, 1.165) is 17.9 Å². The number of rotatable bonds is 5. The number of benzene rings is 2. The van der Waals surface area contributed by atoms with Gasteiger partial charge in [0, 0.05) is 7.05 Å². The predicted octanol–water partition coefficient (Wildman–Crippen LogP) is 3.73. The van der Waals surface area contributed by atoms with Crippen LogP contribution >= 0.6 is 0 Å². The van der Waals surface area contributed by atoms with Crippen molar-refractivity contribution >= 4 is 11.4 Å². The third-order valence-electron chi connectivity index (χ3n) is 2.85. The number of hydrazine groups is 1. The van der Waals surface area contributed by atoms with E-state index in [1.54, 1.807) is 0 Å². The summed E-state index contributed by atoms with van der Waals surface area (Å²) in [6.45, 7) is 4.61. The second-order valence-corrected chi connectivity index (χ2v) is 4.07. The maximum absolute atomic E-state index is 3.83. The van der Waals surface area contributed by atoms with Gasteiger partial charge in [0.25, 0.3) is 0 Å². The molecule has 0 amide bonds. The second-order valence-electron chi connectivity index (χ2n) is 4.07. The lowest BCUT2D eigenvalue weighted by Gasteiger charge is -2.34. The van der Waals surface area contributed by atoms with E-state index in [-0.39, 0.29) is 0 Å². The van der Waals surface area contributed by atoms with E-state index in [1.807, 2.05) is 42.5 Å². The van der Waals surface area contributed by atoms with Crippen LogP contribution in [0.5, 0.6) is 0 Å². The highest BCUT2D eigenvalue weighted by molar-refractivity contribution is 5.57. The van der Waals surface area contributed by atoms with Crippen LogP contribution in [-0.4, -0.2) is 13.6 Å². The first-order valence-corrected chi connectivity index (χ1v) is 6.05. The summed E-state index contributed by atoms with van der Waals surface area (Å²) in [5.41, 5.74) is 2.31. The molecule has 0 spiro atoms. The first kappa shape index (κ1) is 12.2. The normalized spacial score (nSPS) is 9.83. The zero-order valence-corrected chi connectivity index (χ0v) is 10.7. The van der Waals surface area contributed by atoms with Gasteiger partial charge in [0.05, 0.1) is 17.9 Å². The Kier molecular flexibility index (Phi) is 4.02. The zero-order valence-electron chi connectivity index (χ0n) is 10.7. The van der Waals surface area contributed by atoms with Gasteiger partial charge >= 0.3 is 0 Å². The Bertz CT molecular complexity index is 479. The van der Waals surface area contributed by atoms with Crippen molar-refractivity contribution in [2.75, 3.05) is 23.6 Å². The molecule has 2 nitrogen and oxygen atoms in total. The van der Waals surface area contributed by atoms with Gasteiger partial charge < -0.3 is 0 Å². The van der Waals surface area contributed by atoms with E-state index < -0.39 is 0 Å². The van der Waals surface area contributed by atoms with E-state index in [0.29, 0.717) is 0 Å². The van der Waals surface area contributed by atoms with Gasteiger partial charge in [0.1, 0.15) is 0 Å². The molecule has 2 aromatic carbocycles. The van der Waals surface area contributed by atoms with E-state index in [9.17, 15) is 0 Å². The molecule has 0 saturated heterocycles. The van der Waals surface area contributed by atoms with Crippen molar-refractivity contribution in [3.63, 3.8) is 0 Å². The van der Waals surface area contributed by atoms with E-state index >= 15 is 0 Å². The molecule has 0 atom stereocenters. The molecule has 2 rings (SSSR count). The number of nitrogens with zero attached hydrogens (tertiary/aromatic N) is 2. The van der Waals surface area contributed by atoms with Crippen LogP contribution in [0, 0.1) is 0 Å². The topological polar surface area (TPSA) is 6.48 Å². The molecule has 0 aliphatic heterocycles. The smallest absolute Gasteiger partial charge is 0.0577 e. The fourth-order valence-corrected chi connectivity index (χ4v) is 1.91. The lowest BCUT2D eigenvalue weighted by molar-refractivity contribution is 0.842. The molecule has 18 heavy (non-hydrogen) atoms. The van der Waals surface area contributed by atoms with Crippen LogP contribution in [0.25, 0.3) is 0 Å². The van der Waals surface area contributed by atoms with Crippen molar-refractivity contribution in [3.05, 3.63) is 73.3 Å². The summed E-state index contributed by atoms with van der Waals surface area (Å²) in [5, 5.41) is 4.32. The monoisotopic (exact) mass is 238 g/mol. The maximum Gasteiger partial charge on any atom is 0.0577 e.